The Morgan fingerprint density at radius 3 is 2.96 bits per heavy atom. The Labute approximate surface area is 143 Å². The summed E-state index contributed by atoms with van der Waals surface area (Å²) in [5, 5.41) is 7.36. The number of para-hydroxylation sites is 1. The fourth-order valence-corrected chi connectivity index (χ4v) is 3.18. The van der Waals surface area contributed by atoms with Gasteiger partial charge in [0, 0.05) is 31.1 Å². The van der Waals surface area contributed by atoms with Gasteiger partial charge in [0.15, 0.2) is 0 Å². The van der Waals surface area contributed by atoms with Crippen LogP contribution in [0.25, 0.3) is 0 Å². The molecule has 24 heavy (non-hydrogen) atoms. The molecule has 3 rings (SSSR count). The zero-order chi connectivity index (χ0) is 16.8. The predicted molar refractivity (Wildman–Crippen MR) is 93.1 cm³/mol. The highest BCUT2D eigenvalue weighted by Crippen LogP contribution is 2.26. The number of likely N-dealkylation sites (tertiary alicyclic amines) is 1. The molecule has 1 amide bonds. The molecule has 2 aromatic rings. The van der Waals surface area contributed by atoms with E-state index in [9.17, 15) is 4.79 Å². The standard InChI is InChI=1S/C19H25N3O2/c1-15-13-18(21-20-15)16-7-5-11-22(14-16)19(23)10-6-12-24-17-8-3-2-4-9-17/h2-4,8-9,13,16H,5-7,10-12,14H2,1H3,(H,20,21). The summed E-state index contributed by atoms with van der Waals surface area (Å²) in [6.07, 6.45) is 3.43. The number of aromatic nitrogens is 2. The zero-order valence-electron chi connectivity index (χ0n) is 14.2. The first-order valence-corrected chi connectivity index (χ1v) is 8.70. The number of nitrogens with zero attached hydrogens (tertiary/aromatic N) is 2. The molecule has 1 saturated heterocycles. The Balaban J connectivity index is 1.43. The van der Waals surface area contributed by atoms with E-state index in [1.54, 1.807) is 0 Å². The minimum atomic E-state index is 0.226. The number of rotatable bonds is 6. The Morgan fingerprint density at radius 1 is 1.38 bits per heavy atom. The van der Waals surface area contributed by atoms with Gasteiger partial charge in [-0.3, -0.25) is 9.89 Å². The Hall–Kier alpha value is -2.30. The van der Waals surface area contributed by atoms with Gasteiger partial charge in [0.25, 0.3) is 0 Å². The van der Waals surface area contributed by atoms with Crippen molar-refractivity contribution >= 4 is 5.91 Å². The lowest BCUT2D eigenvalue weighted by atomic mass is 9.94. The molecule has 1 aromatic carbocycles. The van der Waals surface area contributed by atoms with Crippen molar-refractivity contribution in [3.8, 4) is 5.75 Å². The van der Waals surface area contributed by atoms with Gasteiger partial charge >= 0.3 is 0 Å². The maximum absolute atomic E-state index is 12.4. The van der Waals surface area contributed by atoms with Gasteiger partial charge in [-0.15, -0.1) is 0 Å². The van der Waals surface area contributed by atoms with Crippen molar-refractivity contribution < 1.29 is 9.53 Å². The highest BCUT2D eigenvalue weighted by molar-refractivity contribution is 5.76. The highest BCUT2D eigenvalue weighted by atomic mass is 16.5. The van der Waals surface area contributed by atoms with Crippen LogP contribution in [0.2, 0.25) is 0 Å². The van der Waals surface area contributed by atoms with Crippen molar-refractivity contribution in [3.05, 3.63) is 47.8 Å². The predicted octanol–water partition coefficient (Wildman–Crippen LogP) is 3.28. The molecule has 1 N–H and O–H groups in total. The minimum absolute atomic E-state index is 0.226. The number of benzene rings is 1. The summed E-state index contributed by atoms with van der Waals surface area (Å²) in [7, 11) is 0. The first-order valence-electron chi connectivity index (χ1n) is 8.70. The van der Waals surface area contributed by atoms with E-state index in [0.717, 1.165) is 49.5 Å². The van der Waals surface area contributed by atoms with Gasteiger partial charge in [-0.25, -0.2) is 0 Å². The number of H-pyrrole nitrogens is 1. The molecule has 128 valence electrons. The average Bonchev–Trinajstić information content (AvgIpc) is 3.06. The highest BCUT2D eigenvalue weighted by Gasteiger charge is 2.25. The van der Waals surface area contributed by atoms with Gasteiger partial charge in [0.05, 0.1) is 12.3 Å². The molecule has 0 spiro atoms. The van der Waals surface area contributed by atoms with Gasteiger partial charge < -0.3 is 9.64 Å². The lowest BCUT2D eigenvalue weighted by Crippen LogP contribution is -2.39. The molecular weight excluding hydrogens is 302 g/mol. The van der Waals surface area contributed by atoms with Crippen molar-refractivity contribution in [2.45, 2.75) is 38.5 Å². The largest absolute Gasteiger partial charge is 0.494 e. The molecule has 1 fully saturated rings. The molecule has 1 aliphatic heterocycles. The normalized spacial score (nSPS) is 17.7. The number of carbonyl (C=O) groups is 1. The van der Waals surface area contributed by atoms with Crippen molar-refractivity contribution in [1.82, 2.24) is 15.1 Å². The maximum atomic E-state index is 12.4. The van der Waals surface area contributed by atoms with Crippen molar-refractivity contribution in [3.63, 3.8) is 0 Å². The molecule has 0 aliphatic carbocycles. The fourth-order valence-electron chi connectivity index (χ4n) is 3.18. The number of aryl methyl sites for hydroxylation is 1. The molecular formula is C19H25N3O2. The summed E-state index contributed by atoms with van der Waals surface area (Å²) in [5.41, 5.74) is 2.16. The summed E-state index contributed by atoms with van der Waals surface area (Å²) in [6, 6.07) is 11.8. The third kappa shape index (κ3) is 4.37. The molecule has 1 aromatic heterocycles. The second-order valence-corrected chi connectivity index (χ2v) is 6.42. The lowest BCUT2D eigenvalue weighted by Gasteiger charge is -2.32. The van der Waals surface area contributed by atoms with Crippen LogP contribution in [0.15, 0.2) is 36.4 Å². The van der Waals surface area contributed by atoms with Crippen LogP contribution in [0.4, 0.5) is 0 Å². The summed E-state index contributed by atoms with van der Waals surface area (Å²) in [5.74, 6) is 1.44. The smallest absolute Gasteiger partial charge is 0.222 e. The summed E-state index contributed by atoms with van der Waals surface area (Å²) in [6.45, 7) is 4.22. The van der Waals surface area contributed by atoms with E-state index >= 15 is 0 Å². The molecule has 0 bridgehead atoms. The van der Waals surface area contributed by atoms with Crippen LogP contribution in [-0.2, 0) is 4.79 Å². The number of hydrogen-bond donors (Lipinski definition) is 1. The van der Waals surface area contributed by atoms with Gasteiger partial charge in [-0.2, -0.15) is 5.10 Å². The lowest BCUT2D eigenvalue weighted by molar-refractivity contribution is -0.132. The molecule has 1 unspecified atom stereocenters. The molecule has 0 radical (unpaired) electrons. The summed E-state index contributed by atoms with van der Waals surface area (Å²) in [4.78, 5) is 14.4. The van der Waals surface area contributed by atoms with Crippen LogP contribution in [0.3, 0.4) is 0 Å². The van der Waals surface area contributed by atoms with E-state index in [1.807, 2.05) is 42.2 Å². The van der Waals surface area contributed by atoms with E-state index in [0.29, 0.717) is 18.9 Å². The average molecular weight is 327 g/mol. The zero-order valence-corrected chi connectivity index (χ0v) is 14.2. The second kappa shape index (κ2) is 7.99. The van der Waals surface area contributed by atoms with Crippen LogP contribution in [0.5, 0.6) is 5.75 Å². The number of hydrogen-bond acceptors (Lipinski definition) is 3. The van der Waals surface area contributed by atoms with Gasteiger partial charge in [0.1, 0.15) is 5.75 Å². The van der Waals surface area contributed by atoms with E-state index in [-0.39, 0.29) is 5.91 Å². The van der Waals surface area contributed by atoms with E-state index in [4.69, 9.17) is 4.74 Å². The number of piperidine rings is 1. The van der Waals surface area contributed by atoms with Gasteiger partial charge in [0.2, 0.25) is 5.91 Å². The number of aromatic amines is 1. The van der Waals surface area contributed by atoms with Crippen LogP contribution in [0, 0.1) is 6.92 Å². The van der Waals surface area contributed by atoms with Crippen molar-refractivity contribution in [2.75, 3.05) is 19.7 Å². The van der Waals surface area contributed by atoms with Gasteiger partial charge in [-0.05, 0) is 44.4 Å². The van der Waals surface area contributed by atoms with Crippen molar-refractivity contribution in [1.29, 1.82) is 0 Å². The van der Waals surface area contributed by atoms with Crippen molar-refractivity contribution in [2.24, 2.45) is 0 Å². The monoisotopic (exact) mass is 327 g/mol. The Morgan fingerprint density at radius 2 is 2.21 bits per heavy atom. The molecule has 1 atom stereocenters. The molecule has 0 saturated carbocycles. The Bertz CT molecular complexity index is 654. The third-order valence-corrected chi connectivity index (χ3v) is 4.47. The van der Waals surface area contributed by atoms with E-state index in [1.165, 1.54) is 0 Å². The van der Waals surface area contributed by atoms with Crippen LogP contribution >= 0.6 is 0 Å². The first kappa shape index (κ1) is 16.6. The second-order valence-electron chi connectivity index (χ2n) is 6.42. The van der Waals surface area contributed by atoms with E-state index in [2.05, 4.69) is 16.3 Å². The molecule has 2 heterocycles. The summed E-state index contributed by atoms with van der Waals surface area (Å²) < 4.78 is 5.65. The third-order valence-electron chi connectivity index (χ3n) is 4.47. The first-order chi connectivity index (χ1) is 11.7. The number of ether oxygens (including phenoxy) is 1. The molecule has 1 aliphatic rings. The number of amides is 1. The SMILES string of the molecule is Cc1cc(C2CCCN(C(=O)CCCOc3ccccc3)C2)n[nH]1. The van der Waals surface area contributed by atoms with Crippen LogP contribution < -0.4 is 4.74 Å². The summed E-state index contributed by atoms with van der Waals surface area (Å²) >= 11 is 0. The number of nitrogens with one attached hydrogen (secondary N) is 1. The fraction of sp³-hybridized carbons (Fsp3) is 0.474. The number of carbonyl (C=O) groups excluding carboxylic acids is 1. The maximum Gasteiger partial charge on any atom is 0.222 e. The van der Waals surface area contributed by atoms with Crippen LogP contribution in [0.1, 0.15) is 43.0 Å². The van der Waals surface area contributed by atoms with Crippen LogP contribution in [-0.4, -0.2) is 40.7 Å². The topological polar surface area (TPSA) is 58.2 Å². The molecule has 5 nitrogen and oxygen atoms in total. The Kier molecular flexibility index (Phi) is 5.51. The quantitative estimate of drug-likeness (QED) is 0.828. The van der Waals surface area contributed by atoms with Gasteiger partial charge in [-0.1, -0.05) is 18.2 Å². The van der Waals surface area contributed by atoms with E-state index < -0.39 is 0 Å². The minimum Gasteiger partial charge on any atom is -0.494 e. The molecule has 5 heteroatoms.